The smallest absolute Gasteiger partial charge is 1.00 e. The Bertz CT molecular complexity index is 5000. The molecule has 0 spiro atoms. The second-order valence-corrected chi connectivity index (χ2v) is 33.8. The number of benzene rings is 2. The minimum absolute atomic E-state index is 0. The van der Waals surface area contributed by atoms with Crippen molar-refractivity contribution < 1.29 is 89.5 Å². The van der Waals surface area contributed by atoms with Crippen LogP contribution in [-0.2, 0) is 28.1 Å². The number of ketones is 1. The third-order valence-electron chi connectivity index (χ3n) is 21.1. The first-order valence-electron chi connectivity index (χ1n) is 40.8. The number of nitriles is 6. The number of halogens is 2. The molecule has 2 aromatic carbocycles. The van der Waals surface area contributed by atoms with E-state index in [0.29, 0.717) is 53.5 Å². The molecule has 675 valence electrons. The largest absolute Gasteiger partial charge is 1.00 e. The molecule has 6 aliphatic carbocycles. The van der Waals surface area contributed by atoms with Crippen molar-refractivity contribution in [3.63, 3.8) is 0 Å². The molecule has 127 heavy (non-hydrogen) atoms. The van der Waals surface area contributed by atoms with E-state index in [-0.39, 0.29) is 131 Å². The van der Waals surface area contributed by atoms with Crippen LogP contribution in [0.2, 0.25) is 5.28 Å². The van der Waals surface area contributed by atoms with Gasteiger partial charge in [-0.2, -0.15) is 52.0 Å². The predicted molar refractivity (Wildman–Crippen MR) is 474 cm³/mol. The number of Topliss-reactive ketones (excluding diaryl/α,β-unsaturated/α-hetero) is 1. The third-order valence-corrected chi connectivity index (χ3v) is 21.3. The summed E-state index contributed by atoms with van der Waals surface area (Å²) in [6.45, 7) is 5.85. The van der Waals surface area contributed by atoms with Gasteiger partial charge in [-0.1, -0.05) is 31.7 Å². The molecule has 0 unspecified atom stereocenters. The molecule has 7 fully saturated rings. The summed E-state index contributed by atoms with van der Waals surface area (Å²) >= 11 is 5.77. The van der Waals surface area contributed by atoms with Crippen LogP contribution in [0.15, 0.2) is 110 Å². The number of hydrogen-bond donors (Lipinski definition) is 5. The average molecular weight is 1820 g/mol. The van der Waals surface area contributed by atoms with Crippen LogP contribution in [0.4, 0.5) is 28.7 Å². The summed E-state index contributed by atoms with van der Waals surface area (Å²) in [6, 6.07) is 28.7. The maximum atomic E-state index is 11.7. The number of aromatic nitrogens is 12. The normalized spacial score (nSPS) is 20.5. The van der Waals surface area contributed by atoms with Crippen molar-refractivity contribution in [1.82, 2.24) is 59.5 Å². The van der Waals surface area contributed by atoms with E-state index in [1.54, 1.807) is 65.9 Å². The summed E-state index contributed by atoms with van der Waals surface area (Å²) in [5.41, 5.74) is 13.3. The van der Waals surface area contributed by atoms with Crippen LogP contribution in [0.25, 0.3) is 22.5 Å². The first-order chi connectivity index (χ1) is 59.5. The first kappa shape index (κ1) is 110. The molecule has 0 bridgehead atoms. The number of carbonyl (C=O) groups is 3. The molecular weight excluding hydrogens is 1700 g/mol. The summed E-state index contributed by atoms with van der Waals surface area (Å²) in [6.07, 6.45) is 40.0. The van der Waals surface area contributed by atoms with Crippen molar-refractivity contribution in [3.8, 4) is 58.9 Å². The maximum absolute atomic E-state index is 11.7. The Kier molecular flexibility index (Phi) is 51.1. The SMILES string of the molecule is C.C1CCOC1.COC(=O)c1ccc(-c2nc(Cl)ncc2C)cc1.COC(=O)c1ccc(-c2nc(Nc3cnn(C4CCC(C#N)CC4)c3)ncc2C)cc1.CS(=O)(=O)Cl.N#CC1CCC(=O)CC1.N#CC1CCC(O)CC1.N#CC1CCC(O)CC1.N#CC1CCC(n2cc(N)cn2)CC1.N#CC1CCC(n2cc([N+](=O)[O-])cn2)CC1.O=[N+]([O-])c1cn[nH]c1.[B].[H-].[HH].[Na+]. The van der Waals surface area contributed by atoms with Gasteiger partial charge in [0.1, 0.15) is 24.4 Å². The summed E-state index contributed by atoms with van der Waals surface area (Å²) in [5.74, 6) is 1.22. The minimum Gasteiger partial charge on any atom is -1.00 e. The van der Waals surface area contributed by atoms with Crippen molar-refractivity contribution in [3.05, 3.63) is 158 Å². The third kappa shape index (κ3) is 40.6. The summed E-state index contributed by atoms with van der Waals surface area (Å²) in [4.78, 5) is 70.1. The number of nitrogen functional groups attached to an aromatic ring is 1. The summed E-state index contributed by atoms with van der Waals surface area (Å²) < 4.78 is 38.7. The van der Waals surface area contributed by atoms with Gasteiger partial charge in [-0.05, 0) is 215 Å². The molecular formula is C86H113BCl2N22NaO14S. The van der Waals surface area contributed by atoms with Crippen molar-refractivity contribution in [2.45, 2.75) is 219 Å². The van der Waals surface area contributed by atoms with Gasteiger partial charge >= 0.3 is 52.9 Å². The second-order valence-electron chi connectivity index (χ2n) is 30.4. The van der Waals surface area contributed by atoms with Gasteiger partial charge in [0.15, 0.2) is 0 Å². The minimum atomic E-state index is -3.19. The number of nitro groups is 2. The number of aliphatic hydroxyl groups excluding tert-OH is 2. The molecule has 6 saturated carbocycles. The zero-order valence-corrected chi connectivity index (χ0v) is 76.0. The van der Waals surface area contributed by atoms with Gasteiger partial charge < -0.3 is 36.9 Å². The summed E-state index contributed by atoms with van der Waals surface area (Å²) in [7, 11) is 4.02. The molecule has 7 heterocycles. The molecule has 41 heteroatoms. The van der Waals surface area contributed by atoms with Gasteiger partial charge in [-0.15, -0.1) is 0 Å². The van der Waals surface area contributed by atoms with Crippen LogP contribution in [0.5, 0.6) is 0 Å². The van der Waals surface area contributed by atoms with Crippen LogP contribution < -0.4 is 40.6 Å². The Morgan fingerprint density at radius 1 is 0.575 bits per heavy atom. The van der Waals surface area contributed by atoms with E-state index in [1.807, 2.05) is 47.7 Å². The first-order valence-corrected chi connectivity index (χ1v) is 43.9. The second kappa shape index (κ2) is 59.0. The maximum Gasteiger partial charge on any atom is 1.00 e. The van der Waals surface area contributed by atoms with Gasteiger partial charge in [-0.25, -0.2) is 37.9 Å². The number of nitrogens with one attached hydrogen (secondary N) is 2. The Morgan fingerprint density at radius 2 is 0.937 bits per heavy atom. The number of methoxy groups -OCH3 is 2. The number of aryl methyl sites for hydroxylation is 2. The molecule has 8 aromatic rings. The van der Waals surface area contributed by atoms with Crippen molar-refractivity contribution >= 4 is 86.2 Å². The van der Waals surface area contributed by atoms with Gasteiger partial charge in [0.25, 0.3) is 0 Å². The fourth-order valence-electron chi connectivity index (χ4n) is 13.9. The fraction of sp³-hybridized carbons (Fsp3) is 0.523. The Hall–Kier alpha value is -11.1. The van der Waals surface area contributed by atoms with Gasteiger partial charge in [0.2, 0.25) is 20.3 Å². The molecule has 3 radical (unpaired) electrons. The average Bonchev–Trinajstić information content (AvgIpc) is 1.81. The number of anilines is 3. The molecule has 0 amide bonds. The number of rotatable bonds is 11. The van der Waals surface area contributed by atoms with E-state index in [0.717, 1.165) is 206 Å². The van der Waals surface area contributed by atoms with Crippen LogP contribution in [0, 0.1) is 138 Å². The molecule has 1 aliphatic heterocycles. The number of carbonyl (C=O) groups excluding carboxylic acids is 3. The van der Waals surface area contributed by atoms with E-state index in [1.165, 1.54) is 45.7 Å². The zero-order valence-electron chi connectivity index (χ0n) is 72.7. The monoisotopic (exact) mass is 1810 g/mol. The van der Waals surface area contributed by atoms with Crippen LogP contribution in [0.1, 0.15) is 227 Å². The topological polar surface area (TPSA) is 554 Å². The Balaban J connectivity index is 0.000000750. The number of aliphatic hydroxyl groups is 2. The molecule has 15 rings (SSSR count). The number of aromatic amines is 1. The molecule has 0 atom stereocenters. The molecule has 1 saturated heterocycles. The Morgan fingerprint density at radius 3 is 1.28 bits per heavy atom. The number of esters is 2. The van der Waals surface area contributed by atoms with Crippen molar-refractivity contribution in [2.24, 2.45) is 35.5 Å². The number of hydrogen-bond acceptors (Lipinski definition) is 30. The molecule has 7 aliphatic rings. The quantitative estimate of drug-likeness (QED) is 0.0200. The van der Waals surface area contributed by atoms with Crippen molar-refractivity contribution in [2.75, 3.05) is 44.7 Å². The van der Waals surface area contributed by atoms with E-state index in [2.05, 4.69) is 103 Å². The molecule has 6 aromatic heterocycles. The van der Waals surface area contributed by atoms with Gasteiger partial charge in [-0.3, -0.25) is 44.2 Å². The standard InChI is InChI=1S/C23H24N6O2.C13H11ClN2O2.C10H12N4O2.C10H14N4.2C7H11NO.C7H9NO.C4H8O.C3H3N3O2.CH3ClO2S.CH4.B.Na.H2.H/c1-15-12-25-23(28-21(15)17-5-7-18(8-6-17)22(30)31-2)27-19-13-26-29(14-19)20-9-3-16(11-24)4-10-20;1-8-7-15-13(14)16-11(8)9-3-5-10(6-4-9)12(17)18-2;11-5-8-1-3-9(4-2-8)13-7-10(6-12-13)14(15)16;11-5-8-1-3-10(4-2-8)14-7-9(12)6-13-14;3*8-5-6-1-3-7(9)4-2-6;1-2-4-5-3-1;7-6(8)3-1-4-5-2-3;1-5(2,3)4;;;;;/h5-8,12-14,16,20H,3-4,9-10H2,1-2H3,(H,25,27,28);3-7H,1-2H3;6-9H,1-4H2;6-8,10H,1-4,12H2;2*6-7,9H,1-4H2;6H,1-4H2;1-4H2;1-2H,(H,4,5);1H3;1H4;;;1H;/q;;;;;;;;;;;;+1;;-1. The fourth-order valence-corrected chi connectivity index (χ4v) is 14.1. The number of ether oxygens (including phenoxy) is 3. The van der Waals surface area contributed by atoms with Crippen LogP contribution in [-0.4, -0.2) is 160 Å². The number of nitrogens with zero attached hydrogens (tertiary/aromatic N) is 19. The van der Waals surface area contributed by atoms with Gasteiger partial charge in [0, 0.05) is 118 Å². The number of nitrogens with two attached hydrogens (primary N) is 1. The van der Waals surface area contributed by atoms with E-state index >= 15 is 0 Å². The summed E-state index contributed by atoms with van der Waals surface area (Å²) in [5, 5.41) is 112. The van der Waals surface area contributed by atoms with Crippen LogP contribution in [0.3, 0.4) is 0 Å². The predicted octanol–water partition coefficient (Wildman–Crippen LogP) is 13.4. The number of H-pyrrole nitrogens is 1. The molecule has 6 N–H and O–H groups in total. The van der Waals surface area contributed by atoms with Crippen LogP contribution >= 0.6 is 22.3 Å². The van der Waals surface area contributed by atoms with E-state index < -0.39 is 18.9 Å². The van der Waals surface area contributed by atoms with Gasteiger partial charge in [0.05, 0.1) is 150 Å². The molecule has 36 nitrogen and oxygen atoms in total. The Labute approximate surface area is 777 Å². The van der Waals surface area contributed by atoms with E-state index in [9.17, 15) is 43.0 Å². The van der Waals surface area contributed by atoms with Crippen molar-refractivity contribution in [1.29, 1.82) is 31.6 Å². The van der Waals surface area contributed by atoms with E-state index in [4.69, 9.17) is 68.6 Å². The zero-order chi connectivity index (χ0) is 90.5.